The Morgan fingerprint density at radius 2 is 2.20 bits per heavy atom. The number of carbonyl (C=O) groups excluding carboxylic acids is 1. The van der Waals surface area contributed by atoms with Gasteiger partial charge in [-0.05, 0) is 25.0 Å². The Bertz CT molecular complexity index is 590. The molecule has 106 valence electrons. The molecule has 1 aromatic carbocycles. The lowest BCUT2D eigenvalue weighted by Crippen LogP contribution is -2.02. The molecule has 5 heteroatoms. The van der Waals surface area contributed by atoms with Crippen molar-refractivity contribution in [1.82, 2.24) is 10.1 Å². The van der Waals surface area contributed by atoms with Crippen LogP contribution in [0.25, 0.3) is 0 Å². The molecule has 0 radical (unpaired) electrons. The third-order valence-electron chi connectivity index (χ3n) is 2.81. The van der Waals surface area contributed by atoms with Crippen LogP contribution in [0.2, 0.25) is 0 Å². The van der Waals surface area contributed by atoms with Crippen molar-refractivity contribution in [3.63, 3.8) is 0 Å². The molecular formula is C15H19N3O2. The molecule has 0 bridgehead atoms. The fraction of sp³-hybridized carbons (Fsp3) is 0.400. The number of anilines is 1. The number of aromatic nitrogens is 2. The van der Waals surface area contributed by atoms with Crippen molar-refractivity contribution >= 4 is 11.5 Å². The van der Waals surface area contributed by atoms with Gasteiger partial charge in [-0.3, -0.25) is 4.79 Å². The first-order valence-electron chi connectivity index (χ1n) is 6.71. The second-order valence-electron chi connectivity index (χ2n) is 5.19. The normalized spacial score (nSPS) is 10.8. The van der Waals surface area contributed by atoms with Gasteiger partial charge in [0, 0.05) is 17.7 Å². The van der Waals surface area contributed by atoms with Crippen LogP contribution >= 0.6 is 0 Å². The van der Waals surface area contributed by atoms with Gasteiger partial charge in [-0.2, -0.15) is 4.98 Å². The van der Waals surface area contributed by atoms with E-state index >= 15 is 0 Å². The molecule has 1 aromatic heterocycles. The third kappa shape index (κ3) is 3.91. The third-order valence-corrected chi connectivity index (χ3v) is 2.81. The number of rotatable bonds is 6. The van der Waals surface area contributed by atoms with E-state index in [4.69, 9.17) is 4.52 Å². The number of hydrogen-bond acceptors (Lipinski definition) is 5. The molecular weight excluding hydrogens is 254 g/mol. The molecule has 2 rings (SSSR count). The Kier molecular flexibility index (Phi) is 4.50. The van der Waals surface area contributed by atoms with Crippen LogP contribution in [0.15, 0.2) is 28.8 Å². The highest BCUT2D eigenvalue weighted by molar-refractivity contribution is 5.94. The van der Waals surface area contributed by atoms with Gasteiger partial charge in [-0.15, -0.1) is 0 Å². The SMILES string of the molecule is CC(=O)c1cccc(NCc2nc(CC(C)C)no2)c1. The average molecular weight is 273 g/mol. The van der Waals surface area contributed by atoms with E-state index in [1.54, 1.807) is 13.0 Å². The topological polar surface area (TPSA) is 68.0 Å². The van der Waals surface area contributed by atoms with E-state index in [-0.39, 0.29) is 5.78 Å². The number of carbonyl (C=O) groups is 1. The molecule has 0 aliphatic heterocycles. The van der Waals surface area contributed by atoms with Gasteiger partial charge in [0.05, 0.1) is 6.54 Å². The Morgan fingerprint density at radius 3 is 2.90 bits per heavy atom. The fourth-order valence-corrected chi connectivity index (χ4v) is 1.84. The Balaban J connectivity index is 1.96. The highest BCUT2D eigenvalue weighted by Crippen LogP contribution is 2.12. The summed E-state index contributed by atoms with van der Waals surface area (Å²) in [6.07, 6.45) is 0.809. The summed E-state index contributed by atoms with van der Waals surface area (Å²) in [6.45, 7) is 6.23. The zero-order valence-corrected chi connectivity index (χ0v) is 12.0. The van der Waals surface area contributed by atoms with Gasteiger partial charge in [-0.25, -0.2) is 0 Å². The number of nitrogens with one attached hydrogen (secondary N) is 1. The fourth-order valence-electron chi connectivity index (χ4n) is 1.84. The van der Waals surface area contributed by atoms with Crippen LogP contribution in [0, 0.1) is 5.92 Å². The molecule has 1 heterocycles. The van der Waals surface area contributed by atoms with E-state index in [2.05, 4.69) is 29.3 Å². The average Bonchev–Trinajstić information content (AvgIpc) is 2.83. The zero-order chi connectivity index (χ0) is 14.5. The monoisotopic (exact) mass is 273 g/mol. The smallest absolute Gasteiger partial charge is 0.245 e. The number of Topliss-reactive ketones (excluding diaryl/α,β-unsaturated/α-hetero) is 1. The summed E-state index contributed by atoms with van der Waals surface area (Å²) in [4.78, 5) is 15.6. The lowest BCUT2D eigenvalue weighted by Gasteiger charge is -2.04. The highest BCUT2D eigenvalue weighted by atomic mass is 16.5. The van der Waals surface area contributed by atoms with Crippen molar-refractivity contribution in [2.75, 3.05) is 5.32 Å². The second kappa shape index (κ2) is 6.32. The molecule has 0 aliphatic carbocycles. The van der Waals surface area contributed by atoms with E-state index in [1.165, 1.54) is 0 Å². The van der Waals surface area contributed by atoms with Crippen LogP contribution in [0.1, 0.15) is 42.8 Å². The van der Waals surface area contributed by atoms with Crippen LogP contribution < -0.4 is 5.32 Å². The highest BCUT2D eigenvalue weighted by Gasteiger charge is 2.08. The van der Waals surface area contributed by atoms with Crippen LogP contribution in [-0.4, -0.2) is 15.9 Å². The number of benzene rings is 1. The Morgan fingerprint density at radius 1 is 1.40 bits per heavy atom. The predicted molar refractivity (Wildman–Crippen MR) is 76.6 cm³/mol. The molecule has 0 saturated carbocycles. The van der Waals surface area contributed by atoms with Crippen molar-refractivity contribution in [3.05, 3.63) is 41.5 Å². The number of nitrogens with zero attached hydrogens (tertiary/aromatic N) is 2. The van der Waals surface area contributed by atoms with E-state index in [0.717, 1.165) is 17.9 Å². The van der Waals surface area contributed by atoms with Crippen LogP contribution in [0.4, 0.5) is 5.69 Å². The van der Waals surface area contributed by atoms with Gasteiger partial charge in [-0.1, -0.05) is 31.1 Å². The molecule has 0 aliphatic rings. The molecule has 0 fully saturated rings. The van der Waals surface area contributed by atoms with Gasteiger partial charge < -0.3 is 9.84 Å². The maximum absolute atomic E-state index is 11.3. The summed E-state index contributed by atoms with van der Waals surface area (Å²) in [5.41, 5.74) is 1.54. The van der Waals surface area contributed by atoms with Gasteiger partial charge in [0.1, 0.15) is 0 Å². The minimum atomic E-state index is 0.0469. The molecule has 0 unspecified atom stereocenters. The van der Waals surface area contributed by atoms with Crippen LogP contribution in [0.5, 0.6) is 0 Å². The number of ketones is 1. The van der Waals surface area contributed by atoms with E-state index < -0.39 is 0 Å². The summed E-state index contributed by atoms with van der Waals surface area (Å²) in [5, 5.41) is 7.11. The maximum Gasteiger partial charge on any atom is 0.245 e. The summed E-state index contributed by atoms with van der Waals surface area (Å²) in [7, 11) is 0. The summed E-state index contributed by atoms with van der Waals surface area (Å²) in [6, 6.07) is 7.35. The van der Waals surface area contributed by atoms with E-state index in [1.807, 2.05) is 18.2 Å². The molecule has 0 amide bonds. The first kappa shape index (κ1) is 14.2. The molecule has 20 heavy (non-hydrogen) atoms. The first-order valence-corrected chi connectivity index (χ1v) is 6.71. The summed E-state index contributed by atoms with van der Waals surface area (Å²) < 4.78 is 5.17. The van der Waals surface area contributed by atoms with Crippen LogP contribution in [-0.2, 0) is 13.0 Å². The molecule has 0 atom stereocenters. The standard InChI is InChI=1S/C15H19N3O2/c1-10(2)7-14-17-15(20-18-14)9-16-13-6-4-5-12(8-13)11(3)19/h4-6,8,10,16H,7,9H2,1-3H3. The predicted octanol–water partition coefficient (Wildman–Crippen LogP) is 3.08. The van der Waals surface area contributed by atoms with Gasteiger partial charge in [0.25, 0.3) is 0 Å². The quantitative estimate of drug-likeness (QED) is 0.819. The minimum Gasteiger partial charge on any atom is -0.376 e. The van der Waals surface area contributed by atoms with Crippen molar-refractivity contribution in [2.45, 2.75) is 33.7 Å². The van der Waals surface area contributed by atoms with E-state index in [0.29, 0.717) is 23.9 Å². The minimum absolute atomic E-state index is 0.0469. The summed E-state index contributed by atoms with van der Waals surface area (Å²) >= 11 is 0. The van der Waals surface area contributed by atoms with Gasteiger partial charge in [0.15, 0.2) is 11.6 Å². The van der Waals surface area contributed by atoms with Gasteiger partial charge >= 0.3 is 0 Å². The largest absolute Gasteiger partial charge is 0.376 e. The Labute approximate surface area is 118 Å². The van der Waals surface area contributed by atoms with E-state index in [9.17, 15) is 4.79 Å². The first-order chi connectivity index (χ1) is 9.54. The molecule has 2 aromatic rings. The number of hydrogen-bond donors (Lipinski definition) is 1. The zero-order valence-electron chi connectivity index (χ0n) is 12.0. The summed E-state index contributed by atoms with van der Waals surface area (Å²) in [5.74, 6) is 1.83. The van der Waals surface area contributed by atoms with Crippen molar-refractivity contribution in [2.24, 2.45) is 5.92 Å². The lowest BCUT2D eigenvalue weighted by molar-refractivity contribution is 0.101. The Hall–Kier alpha value is -2.17. The van der Waals surface area contributed by atoms with Gasteiger partial charge in [0.2, 0.25) is 5.89 Å². The van der Waals surface area contributed by atoms with Crippen molar-refractivity contribution in [1.29, 1.82) is 0 Å². The maximum atomic E-state index is 11.3. The molecule has 0 spiro atoms. The van der Waals surface area contributed by atoms with Crippen molar-refractivity contribution in [3.8, 4) is 0 Å². The molecule has 0 saturated heterocycles. The van der Waals surface area contributed by atoms with Crippen LogP contribution in [0.3, 0.4) is 0 Å². The lowest BCUT2D eigenvalue weighted by atomic mass is 10.1. The van der Waals surface area contributed by atoms with Crippen molar-refractivity contribution < 1.29 is 9.32 Å². The second-order valence-corrected chi connectivity index (χ2v) is 5.19. The molecule has 1 N–H and O–H groups in total. The molecule has 5 nitrogen and oxygen atoms in total.